The van der Waals surface area contributed by atoms with Gasteiger partial charge >= 0.3 is 0 Å². The van der Waals surface area contributed by atoms with Crippen molar-refractivity contribution in [2.45, 2.75) is 18.1 Å². The van der Waals surface area contributed by atoms with Gasteiger partial charge in [-0.25, -0.2) is 0 Å². The summed E-state index contributed by atoms with van der Waals surface area (Å²) in [6, 6.07) is 8.14. The van der Waals surface area contributed by atoms with Crippen molar-refractivity contribution in [1.82, 2.24) is 14.8 Å². The molecule has 1 aromatic heterocycles. The average molecular weight is 296 g/mol. The second-order valence-electron chi connectivity index (χ2n) is 3.64. The fourth-order valence-corrected chi connectivity index (χ4v) is 3.18. The fraction of sp³-hybridized carbons (Fsp3) is 0.273. The molecule has 0 unspecified atom stereocenters. The number of hydrogen-bond donors (Lipinski definition) is 0. The molecule has 0 N–H and O–H groups in total. The summed E-state index contributed by atoms with van der Waals surface area (Å²) in [5.74, 6) is 2.11. The summed E-state index contributed by atoms with van der Waals surface area (Å²) in [4.78, 5) is 0. The van der Waals surface area contributed by atoms with Crippen LogP contribution in [-0.4, -0.2) is 20.5 Å². The van der Waals surface area contributed by atoms with Gasteiger partial charge in [0, 0.05) is 22.3 Å². The maximum atomic E-state index is 4.29. The second kappa shape index (κ2) is 4.22. The second-order valence-corrected chi connectivity index (χ2v) is 5.56. The van der Waals surface area contributed by atoms with Gasteiger partial charge in [0.1, 0.15) is 0 Å². The summed E-state index contributed by atoms with van der Waals surface area (Å²) in [7, 11) is 0. The molecule has 3 rings (SSSR count). The van der Waals surface area contributed by atoms with Gasteiger partial charge in [-0.1, -0.05) is 45.9 Å². The van der Waals surface area contributed by atoms with Crippen molar-refractivity contribution in [3.05, 3.63) is 28.7 Å². The molecule has 82 valence electrons. The summed E-state index contributed by atoms with van der Waals surface area (Å²) in [6.45, 7) is 1.02. The lowest BCUT2D eigenvalue weighted by Crippen LogP contribution is -2.08. The highest BCUT2D eigenvalue weighted by Gasteiger charge is 2.18. The maximum Gasteiger partial charge on any atom is 0.191 e. The van der Waals surface area contributed by atoms with Gasteiger partial charge < -0.3 is 4.57 Å². The molecule has 0 bridgehead atoms. The fourth-order valence-electron chi connectivity index (χ4n) is 1.82. The first-order valence-electron chi connectivity index (χ1n) is 5.17. The monoisotopic (exact) mass is 295 g/mol. The molecule has 0 saturated heterocycles. The molecule has 5 heteroatoms. The number of nitrogens with zero attached hydrogens (tertiary/aromatic N) is 3. The number of benzene rings is 1. The molecule has 1 aliphatic heterocycles. The normalized spacial score (nSPS) is 14.8. The van der Waals surface area contributed by atoms with E-state index in [0.717, 1.165) is 33.3 Å². The molecule has 2 heterocycles. The first-order valence-corrected chi connectivity index (χ1v) is 6.95. The lowest BCUT2D eigenvalue weighted by molar-refractivity contribution is 0.612. The van der Waals surface area contributed by atoms with Crippen LogP contribution in [0, 0.1) is 0 Å². The van der Waals surface area contributed by atoms with Crippen LogP contribution in [0.25, 0.3) is 11.4 Å². The maximum absolute atomic E-state index is 4.29. The summed E-state index contributed by atoms with van der Waals surface area (Å²) >= 11 is 5.34. The molecule has 1 aromatic carbocycles. The lowest BCUT2D eigenvalue weighted by Gasteiger charge is -2.14. The van der Waals surface area contributed by atoms with E-state index in [0.29, 0.717) is 0 Å². The zero-order valence-corrected chi connectivity index (χ0v) is 11.0. The Morgan fingerprint density at radius 3 is 3.00 bits per heavy atom. The Balaban J connectivity index is 2.13. The lowest BCUT2D eigenvalue weighted by atomic mass is 10.2. The minimum absolute atomic E-state index is 0.967. The van der Waals surface area contributed by atoms with Gasteiger partial charge in [0.05, 0.1) is 0 Å². The van der Waals surface area contributed by atoms with E-state index in [1.54, 1.807) is 11.8 Å². The van der Waals surface area contributed by atoms with Crippen LogP contribution in [0.2, 0.25) is 0 Å². The van der Waals surface area contributed by atoms with Gasteiger partial charge in [-0.2, -0.15) is 0 Å². The smallest absolute Gasteiger partial charge is 0.191 e. The SMILES string of the molecule is Brc1ccccc1-c1nnc2n1CCCS2. The van der Waals surface area contributed by atoms with Gasteiger partial charge in [0.25, 0.3) is 0 Å². The predicted molar refractivity (Wildman–Crippen MR) is 68.5 cm³/mol. The van der Waals surface area contributed by atoms with Crippen LogP contribution in [0.5, 0.6) is 0 Å². The molecule has 0 amide bonds. The van der Waals surface area contributed by atoms with Gasteiger partial charge in [-0.15, -0.1) is 10.2 Å². The third kappa shape index (κ3) is 1.68. The number of thioether (sulfide) groups is 1. The minimum Gasteiger partial charge on any atom is -0.302 e. The summed E-state index contributed by atoms with van der Waals surface area (Å²) in [5, 5.41) is 9.56. The van der Waals surface area contributed by atoms with Crippen molar-refractivity contribution in [3.8, 4) is 11.4 Å². The zero-order valence-electron chi connectivity index (χ0n) is 8.56. The number of rotatable bonds is 1. The predicted octanol–water partition coefficient (Wildman–Crippen LogP) is 3.20. The van der Waals surface area contributed by atoms with Crippen LogP contribution in [0.15, 0.2) is 33.9 Å². The standard InChI is InChI=1S/C11H10BrN3S/c12-9-5-2-1-4-8(9)10-13-14-11-15(10)6-3-7-16-11/h1-2,4-5H,3,6-7H2. The van der Waals surface area contributed by atoms with Crippen molar-refractivity contribution in [1.29, 1.82) is 0 Å². The molecule has 1 aliphatic rings. The number of hydrogen-bond acceptors (Lipinski definition) is 3. The molecule has 0 radical (unpaired) electrons. The summed E-state index contributed by atoms with van der Waals surface area (Å²) in [6.07, 6.45) is 1.19. The van der Waals surface area contributed by atoms with Crippen molar-refractivity contribution < 1.29 is 0 Å². The molecule has 0 aliphatic carbocycles. The Bertz CT molecular complexity index is 524. The Morgan fingerprint density at radius 1 is 1.25 bits per heavy atom. The Hall–Kier alpha value is -0.810. The highest BCUT2D eigenvalue weighted by molar-refractivity contribution is 9.10. The summed E-state index contributed by atoms with van der Waals surface area (Å²) in [5.41, 5.74) is 1.11. The van der Waals surface area contributed by atoms with E-state index < -0.39 is 0 Å². The molecule has 0 saturated carbocycles. The molecule has 0 atom stereocenters. The van der Waals surface area contributed by atoms with Gasteiger partial charge in [-0.3, -0.25) is 0 Å². The van der Waals surface area contributed by atoms with E-state index in [4.69, 9.17) is 0 Å². The van der Waals surface area contributed by atoms with Gasteiger partial charge in [-0.05, 0) is 12.5 Å². The Labute approximate surface area is 106 Å². The van der Waals surface area contributed by atoms with Crippen LogP contribution < -0.4 is 0 Å². The highest BCUT2D eigenvalue weighted by atomic mass is 79.9. The summed E-state index contributed by atoms with van der Waals surface area (Å²) < 4.78 is 3.27. The third-order valence-corrected chi connectivity index (χ3v) is 4.33. The van der Waals surface area contributed by atoms with Gasteiger partial charge in [0.15, 0.2) is 11.0 Å². The van der Waals surface area contributed by atoms with Crippen LogP contribution in [0.3, 0.4) is 0 Å². The molecule has 3 nitrogen and oxygen atoms in total. The van der Waals surface area contributed by atoms with E-state index in [9.17, 15) is 0 Å². The van der Waals surface area contributed by atoms with E-state index >= 15 is 0 Å². The number of aromatic nitrogens is 3. The first kappa shape index (κ1) is 10.4. The largest absolute Gasteiger partial charge is 0.302 e. The number of fused-ring (bicyclic) bond motifs is 1. The molecule has 2 aromatic rings. The highest BCUT2D eigenvalue weighted by Crippen LogP contribution is 2.31. The van der Waals surface area contributed by atoms with Crippen molar-refractivity contribution in [3.63, 3.8) is 0 Å². The van der Waals surface area contributed by atoms with Crippen LogP contribution >= 0.6 is 27.7 Å². The Morgan fingerprint density at radius 2 is 2.12 bits per heavy atom. The van der Waals surface area contributed by atoms with E-state index in [1.165, 1.54) is 6.42 Å². The molecule has 0 fully saturated rings. The quantitative estimate of drug-likeness (QED) is 0.809. The topological polar surface area (TPSA) is 30.7 Å². The van der Waals surface area contributed by atoms with E-state index in [2.05, 4.69) is 36.8 Å². The molecular formula is C11H10BrN3S. The zero-order chi connectivity index (χ0) is 11.0. The van der Waals surface area contributed by atoms with E-state index in [-0.39, 0.29) is 0 Å². The van der Waals surface area contributed by atoms with Crippen LogP contribution in [0.1, 0.15) is 6.42 Å². The van der Waals surface area contributed by atoms with Crippen molar-refractivity contribution in [2.75, 3.05) is 5.75 Å². The molecule has 16 heavy (non-hydrogen) atoms. The van der Waals surface area contributed by atoms with Crippen LogP contribution in [-0.2, 0) is 6.54 Å². The first-order chi connectivity index (χ1) is 7.86. The molecule has 0 spiro atoms. The van der Waals surface area contributed by atoms with Gasteiger partial charge in [0.2, 0.25) is 0 Å². The molecular weight excluding hydrogens is 286 g/mol. The van der Waals surface area contributed by atoms with Crippen LogP contribution in [0.4, 0.5) is 0 Å². The van der Waals surface area contributed by atoms with Crippen molar-refractivity contribution in [2.24, 2.45) is 0 Å². The number of halogens is 1. The Kier molecular flexibility index (Phi) is 2.73. The van der Waals surface area contributed by atoms with E-state index in [1.807, 2.05) is 18.2 Å². The third-order valence-electron chi connectivity index (χ3n) is 2.59. The van der Waals surface area contributed by atoms with Crippen molar-refractivity contribution >= 4 is 27.7 Å². The average Bonchev–Trinajstić information content (AvgIpc) is 2.74. The minimum atomic E-state index is 0.967.